The molecule has 88 valence electrons. The minimum atomic E-state index is -0.389. The molecule has 1 aromatic rings. The number of hydrogen-bond acceptors (Lipinski definition) is 4. The van der Waals surface area contributed by atoms with Gasteiger partial charge in [-0.25, -0.2) is 0 Å². The van der Waals surface area contributed by atoms with Crippen molar-refractivity contribution in [2.45, 2.75) is 13.3 Å². The van der Waals surface area contributed by atoms with Gasteiger partial charge in [0.05, 0.1) is 4.92 Å². The fourth-order valence-electron chi connectivity index (χ4n) is 1.35. The van der Waals surface area contributed by atoms with Crippen LogP contribution in [0.5, 0.6) is 0 Å². The lowest BCUT2D eigenvalue weighted by atomic mass is 10.2. The molecule has 5 nitrogen and oxygen atoms in total. The first-order valence-corrected chi connectivity index (χ1v) is 5.13. The van der Waals surface area contributed by atoms with Crippen LogP contribution in [0.15, 0.2) is 18.2 Å². The molecule has 0 spiro atoms. The minimum Gasteiger partial charge on any atom is -0.385 e. The number of nitro benzene ring substituents is 1. The largest absolute Gasteiger partial charge is 0.385 e. The van der Waals surface area contributed by atoms with E-state index in [0.717, 1.165) is 24.2 Å². The monoisotopic (exact) mass is 224 g/mol. The summed E-state index contributed by atoms with van der Waals surface area (Å²) in [5, 5.41) is 13.8. The highest BCUT2D eigenvalue weighted by Gasteiger charge is 2.07. The van der Waals surface area contributed by atoms with Crippen LogP contribution in [0.2, 0.25) is 0 Å². The van der Waals surface area contributed by atoms with Crippen LogP contribution < -0.4 is 5.32 Å². The number of aryl methyl sites for hydroxylation is 1. The molecule has 0 aliphatic carbocycles. The summed E-state index contributed by atoms with van der Waals surface area (Å²) >= 11 is 0. The Balaban J connectivity index is 2.63. The van der Waals surface area contributed by atoms with Crippen LogP contribution in [-0.4, -0.2) is 25.2 Å². The number of nitrogens with zero attached hydrogens (tertiary/aromatic N) is 1. The second-order valence-corrected chi connectivity index (χ2v) is 3.53. The van der Waals surface area contributed by atoms with Crippen LogP contribution >= 0.6 is 0 Å². The van der Waals surface area contributed by atoms with Gasteiger partial charge in [-0.2, -0.15) is 0 Å². The summed E-state index contributed by atoms with van der Waals surface area (Å²) in [7, 11) is 1.65. The lowest BCUT2D eigenvalue weighted by Gasteiger charge is -2.08. The second kappa shape index (κ2) is 6.07. The third-order valence-corrected chi connectivity index (χ3v) is 2.27. The molecular formula is C11H16N2O3. The van der Waals surface area contributed by atoms with Crippen molar-refractivity contribution in [3.8, 4) is 0 Å². The molecule has 0 aromatic heterocycles. The highest BCUT2D eigenvalue weighted by molar-refractivity contribution is 5.56. The number of rotatable bonds is 6. The summed E-state index contributed by atoms with van der Waals surface area (Å²) in [5.41, 5.74) is 1.92. The molecule has 0 fully saturated rings. The molecule has 1 aromatic carbocycles. The molecule has 0 bridgehead atoms. The Morgan fingerprint density at radius 3 is 2.88 bits per heavy atom. The second-order valence-electron chi connectivity index (χ2n) is 3.53. The summed E-state index contributed by atoms with van der Waals surface area (Å²) in [4.78, 5) is 10.2. The van der Waals surface area contributed by atoms with E-state index in [0.29, 0.717) is 6.61 Å². The maximum Gasteiger partial charge on any atom is 0.271 e. The van der Waals surface area contributed by atoms with Gasteiger partial charge in [-0.05, 0) is 18.9 Å². The number of ether oxygens (including phenoxy) is 1. The van der Waals surface area contributed by atoms with Gasteiger partial charge in [0.25, 0.3) is 5.69 Å². The molecule has 5 heteroatoms. The van der Waals surface area contributed by atoms with Crippen molar-refractivity contribution in [1.82, 2.24) is 0 Å². The Labute approximate surface area is 94.6 Å². The lowest BCUT2D eigenvalue weighted by molar-refractivity contribution is -0.384. The third kappa shape index (κ3) is 3.51. The number of non-ortho nitro benzene ring substituents is 1. The zero-order valence-corrected chi connectivity index (χ0v) is 9.53. The van der Waals surface area contributed by atoms with Gasteiger partial charge in [0.2, 0.25) is 0 Å². The van der Waals surface area contributed by atoms with E-state index in [9.17, 15) is 10.1 Å². The van der Waals surface area contributed by atoms with E-state index in [-0.39, 0.29) is 10.6 Å². The molecule has 1 rings (SSSR count). The van der Waals surface area contributed by atoms with Crippen molar-refractivity contribution in [2.75, 3.05) is 25.6 Å². The van der Waals surface area contributed by atoms with E-state index in [4.69, 9.17) is 4.74 Å². The molecule has 0 aliphatic heterocycles. The van der Waals surface area contributed by atoms with E-state index in [1.807, 2.05) is 6.92 Å². The van der Waals surface area contributed by atoms with Gasteiger partial charge in [0.1, 0.15) is 0 Å². The average Bonchev–Trinajstić information content (AvgIpc) is 2.26. The highest BCUT2D eigenvalue weighted by Crippen LogP contribution is 2.21. The highest BCUT2D eigenvalue weighted by atomic mass is 16.6. The molecule has 0 atom stereocenters. The van der Waals surface area contributed by atoms with E-state index < -0.39 is 0 Å². The van der Waals surface area contributed by atoms with Gasteiger partial charge in [-0.3, -0.25) is 10.1 Å². The van der Waals surface area contributed by atoms with Crippen LogP contribution in [0, 0.1) is 17.0 Å². The van der Waals surface area contributed by atoms with E-state index in [1.165, 1.54) is 6.07 Å². The van der Waals surface area contributed by atoms with Gasteiger partial charge in [-0.15, -0.1) is 0 Å². The van der Waals surface area contributed by atoms with Crippen LogP contribution in [0.25, 0.3) is 0 Å². The summed E-state index contributed by atoms with van der Waals surface area (Å²) in [6, 6.07) is 4.81. The maximum atomic E-state index is 10.6. The van der Waals surface area contributed by atoms with Crippen molar-refractivity contribution in [3.05, 3.63) is 33.9 Å². The Morgan fingerprint density at radius 1 is 1.50 bits per heavy atom. The molecule has 1 N–H and O–H groups in total. The summed E-state index contributed by atoms with van der Waals surface area (Å²) in [6.07, 6.45) is 0.874. The minimum absolute atomic E-state index is 0.111. The number of methoxy groups -OCH3 is 1. The molecule has 0 radical (unpaired) electrons. The zero-order chi connectivity index (χ0) is 12.0. The predicted octanol–water partition coefficient (Wildman–Crippen LogP) is 2.35. The fraction of sp³-hybridized carbons (Fsp3) is 0.455. The smallest absolute Gasteiger partial charge is 0.271 e. The Morgan fingerprint density at radius 2 is 2.25 bits per heavy atom. The van der Waals surface area contributed by atoms with E-state index >= 15 is 0 Å². The SMILES string of the molecule is COCCCNc1cc([N+](=O)[O-])ccc1C. The fourth-order valence-corrected chi connectivity index (χ4v) is 1.35. The number of hydrogen-bond donors (Lipinski definition) is 1. The van der Waals surface area contributed by atoms with Crippen LogP contribution in [0.4, 0.5) is 11.4 Å². The quantitative estimate of drug-likeness (QED) is 0.457. The third-order valence-electron chi connectivity index (χ3n) is 2.27. The first kappa shape index (κ1) is 12.4. The van der Waals surface area contributed by atoms with Gasteiger partial charge < -0.3 is 10.1 Å². The maximum absolute atomic E-state index is 10.6. The molecule has 0 heterocycles. The van der Waals surface area contributed by atoms with Gasteiger partial charge >= 0.3 is 0 Å². The normalized spacial score (nSPS) is 10.1. The number of anilines is 1. The van der Waals surface area contributed by atoms with Crippen LogP contribution in [0.3, 0.4) is 0 Å². The van der Waals surface area contributed by atoms with E-state index in [1.54, 1.807) is 19.2 Å². The van der Waals surface area contributed by atoms with Crippen molar-refractivity contribution in [1.29, 1.82) is 0 Å². The molecule has 0 saturated heterocycles. The molecule has 0 amide bonds. The predicted molar refractivity (Wildman–Crippen MR) is 62.8 cm³/mol. The molecule has 16 heavy (non-hydrogen) atoms. The Bertz CT molecular complexity index is 366. The average molecular weight is 224 g/mol. The van der Waals surface area contributed by atoms with Crippen LogP contribution in [-0.2, 0) is 4.74 Å². The van der Waals surface area contributed by atoms with Gasteiger partial charge in [-0.1, -0.05) is 6.07 Å². The topological polar surface area (TPSA) is 64.4 Å². The van der Waals surface area contributed by atoms with Crippen molar-refractivity contribution in [2.24, 2.45) is 0 Å². The molecule has 0 unspecified atom stereocenters. The number of nitro groups is 1. The first-order valence-electron chi connectivity index (χ1n) is 5.13. The van der Waals surface area contributed by atoms with E-state index in [2.05, 4.69) is 5.32 Å². The van der Waals surface area contributed by atoms with Crippen molar-refractivity contribution in [3.63, 3.8) is 0 Å². The zero-order valence-electron chi connectivity index (χ0n) is 9.53. The lowest BCUT2D eigenvalue weighted by Crippen LogP contribution is -2.06. The first-order chi connectivity index (χ1) is 7.65. The molecule has 0 aliphatic rings. The molecular weight excluding hydrogens is 208 g/mol. The van der Waals surface area contributed by atoms with Crippen molar-refractivity contribution < 1.29 is 9.66 Å². The summed E-state index contributed by atoms with van der Waals surface area (Å²) < 4.78 is 4.92. The summed E-state index contributed by atoms with van der Waals surface area (Å²) in [6.45, 7) is 3.35. The number of benzene rings is 1. The van der Waals surface area contributed by atoms with Crippen LogP contribution in [0.1, 0.15) is 12.0 Å². The van der Waals surface area contributed by atoms with Crippen molar-refractivity contribution >= 4 is 11.4 Å². The standard InChI is InChI=1S/C11H16N2O3/c1-9-4-5-10(13(14)15)8-11(9)12-6-3-7-16-2/h4-5,8,12H,3,6-7H2,1-2H3. The Kier molecular flexibility index (Phi) is 4.72. The van der Waals surface area contributed by atoms with Gasteiger partial charge in [0.15, 0.2) is 0 Å². The molecule has 0 saturated carbocycles. The number of nitrogens with one attached hydrogen (secondary N) is 1. The van der Waals surface area contributed by atoms with Gasteiger partial charge in [0, 0.05) is 38.1 Å². The Hall–Kier alpha value is -1.62. The summed E-state index contributed by atoms with van der Waals surface area (Å²) in [5.74, 6) is 0.